The van der Waals surface area contributed by atoms with Gasteiger partial charge in [-0.1, -0.05) is 6.07 Å². The quantitative estimate of drug-likeness (QED) is 0.387. The highest BCUT2D eigenvalue weighted by Gasteiger charge is 2.21. The summed E-state index contributed by atoms with van der Waals surface area (Å²) in [5, 5.41) is 13.6. The minimum atomic E-state index is -0.934. The second-order valence-corrected chi connectivity index (χ2v) is 6.10. The average molecular weight is 314 g/mol. The molecule has 0 aromatic heterocycles. The molecule has 2 unspecified atom stereocenters. The Morgan fingerprint density at radius 3 is 2.71 bits per heavy atom. The highest BCUT2D eigenvalue weighted by atomic mass is 32.2. The lowest BCUT2D eigenvalue weighted by molar-refractivity contribution is -0.384. The molecule has 1 aromatic carbocycles. The van der Waals surface area contributed by atoms with Crippen molar-refractivity contribution in [2.45, 2.75) is 19.4 Å². The van der Waals surface area contributed by atoms with E-state index < -0.39 is 21.6 Å². The number of nitrogens with one attached hydrogen (secondary N) is 2. The van der Waals surface area contributed by atoms with E-state index in [1.54, 1.807) is 13.2 Å². The summed E-state index contributed by atoms with van der Waals surface area (Å²) >= 11 is 0. The topological polar surface area (TPSA) is 127 Å². The lowest BCUT2D eigenvalue weighted by atomic mass is 10.1. The molecule has 116 valence electrons. The summed E-state index contributed by atoms with van der Waals surface area (Å²) in [4.78, 5) is 22.4. The van der Waals surface area contributed by atoms with E-state index in [9.17, 15) is 19.1 Å². The summed E-state index contributed by atoms with van der Waals surface area (Å²) < 4.78 is 11.0. The predicted octanol–water partition coefficient (Wildman–Crippen LogP) is 0.767. The first-order valence-electron chi connectivity index (χ1n) is 6.21. The summed E-state index contributed by atoms with van der Waals surface area (Å²) in [6.45, 7) is 1.78. The molecule has 1 amide bonds. The SMILES string of the molecule is CC(CCS(C)=O)NC(=O)c1cccc([N+](=O)[O-])c1NN. The normalized spacial score (nSPS) is 13.3. The molecular formula is C12H18N4O4S. The molecule has 0 bridgehead atoms. The maximum atomic E-state index is 12.1. The van der Waals surface area contributed by atoms with Crippen LogP contribution in [0.3, 0.4) is 0 Å². The third-order valence-corrected chi connectivity index (χ3v) is 3.65. The van der Waals surface area contributed by atoms with Crippen molar-refractivity contribution >= 4 is 28.1 Å². The lowest BCUT2D eigenvalue weighted by Gasteiger charge is -2.15. The summed E-state index contributed by atoms with van der Waals surface area (Å²) in [5.74, 6) is 5.28. The number of anilines is 1. The number of nitrogen functional groups attached to an aromatic ring is 1. The van der Waals surface area contributed by atoms with Gasteiger partial charge in [-0.15, -0.1) is 0 Å². The van der Waals surface area contributed by atoms with Gasteiger partial charge in [-0.05, 0) is 19.4 Å². The standard InChI is InChI=1S/C12H18N4O4S/c1-8(6-7-21(2)20)14-12(17)9-4-3-5-10(16(18)19)11(9)15-13/h3-5,8,15H,6-7,13H2,1-2H3,(H,14,17). The molecule has 0 saturated heterocycles. The number of hydrogen-bond donors (Lipinski definition) is 3. The Morgan fingerprint density at radius 1 is 1.52 bits per heavy atom. The van der Waals surface area contributed by atoms with Crippen LogP contribution in [0.15, 0.2) is 18.2 Å². The van der Waals surface area contributed by atoms with Crippen LogP contribution < -0.4 is 16.6 Å². The summed E-state index contributed by atoms with van der Waals surface area (Å²) in [5.41, 5.74) is 1.99. The maximum Gasteiger partial charge on any atom is 0.294 e. The van der Waals surface area contributed by atoms with Gasteiger partial charge in [-0.3, -0.25) is 25.0 Å². The van der Waals surface area contributed by atoms with Crippen LogP contribution in [0.25, 0.3) is 0 Å². The van der Waals surface area contributed by atoms with Crippen LogP contribution in [-0.4, -0.2) is 33.1 Å². The molecule has 0 spiro atoms. The monoisotopic (exact) mass is 314 g/mol. The highest BCUT2D eigenvalue weighted by molar-refractivity contribution is 7.84. The van der Waals surface area contributed by atoms with E-state index in [0.29, 0.717) is 12.2 Å². The van der Waals surface area contributed by atoms with Crippen molar-refractivity contribution < 1.29 is 13.9 Å². The number of nitrogens with zero attached hydrogens (tertiary/aromatic N) is 1. The van der Waals surface area contributed by atoms with Gasteiger partial charge >= 0.3 is 0 Å². The molecule has 0 fully saturated rings. The van der Waals surface area contributed by atoms with Gasteiger partial charge in [0.1, 0.15) is 5.69 Å². The van der Waals surface area contributed by atoms with Crippen molar-refractivity contribution in [3.63, 3.8) is 0 Å². The van der Waals surface area contributed by atoms with Crippen LogP contribution in [0.1, 0.15) is 23.7 Å². The number of hydrazine groups is 1. The Labute approximate surface area is 124 Å². The Kier molecular flexibility index (Phi) is 6.25. The molecule has 0 aliphatic heterocycles. The molecule has 1 aromatic rings. The third-order valence-electron chi connectivity index (χ3n) is 2.84. The molecular weight excluding hydrogens is 296 g/mol. The van der Waals surface area contributed by atoms with Crippen molar-refractivity contribution in [2.24, 2.45) is 5.84 Å². The Balaban J connectivity index is 2.90. The van der Waals surface area contributed by atoms with Gasteiger partial charge in [0.25, 0.3) is 11.6 Å². The van der Waals surface area contributed by atoms with Crippen molar-refractivity contribution in [2.75, 3.05) is 17.4 Å². The Hall–Kier alpha value is -2.00. The molecule has 21 heavy (non-hydrogen) atoms. The number of rotatable bonds is 7. The fourth-order valence-electron chi connectivity index (χ4n) is 1.75. The highest BCUT2D eigenvalue weighted by Crippen LogP contribution is 2.27. The molecule has 1 rings (SSSR count). The molecule has 0 saturated carbocycles. The minimum Gasteiger partial charge on any atom is -0.349 e. The molecule has 0 aliphatic rings. The summed E-state index contributed by atoms with van der Waals surface area (Å²) in [6.07, 6.45) is 2.14. The predicted molar refractivity (Wildman–Crippen MR) is 81.4 cm³/mol. The van der Waals surface area contributed by atoms with E-state index in [0.717, 1.165) is 0 Å². The number of carbonyl (C=O) groups excluding carboxylic acids is 1. The molecule has 0 aliphatic carbocycles. The van der Waals surface area contributed by atoms with E-state index in [-0.39, 0.29) is 23.0 Å². The Morgan fingerprint density at radius 2 is 2.19 bits per heavy atom. The van der Waals surface area contributed by atoms with Gasteiger partial charge in [-0.2, -0.15) is 0 Å². The van der Waals surface area contributed by atoms with E-state index >= 15 is 0 Å². The van der Waals surface area contributed by atoms with Gasteiger partial charge in [0.05, 0.1) is 10.5 Å². The van der Waals surface area contributed by atoms with Crippen molar-refractivity contribution in [1.29, 1.82) is 0 Å². The number of nitro groups is 1. The lowest BCUT2D eigenvalue weighted by Crippen LogP contribution is -2.34. The fourth-order valence-corrected chi connectivity index (χ4v) is 2.44. The molecule has 8 nitrogen and oxygen atoms in total. The number of amides is 1. The fraction of sp³-hybridized carbons (Fsp3) is 0.417. The maximum absolute atomic E-state index is 12.1. The van der Waals surface area contributed by atoms with Crippen LogP contribution in [-0.2, 0) is 10.8 Å². The largest absolute Gasteiger partial charge is 0.349 e. The van der Waals surface area contributed by atoms with Gasteiger partial charge in [0, 0.05) is 34.9 Å². The van der Waals surface area contributed by atoms with E-state index in [2.05, 4.69) is 10.7 Å². The van der Waals surface area contributed by atoms with Crippen molar-refractivity contribution in [3.8, 4) is 0 Å². The van der Waals surface area contributed by atoms with E-state index in [1.165, 1.54) is 18.2 Å². The van der Waals surface area contributed by atoms with Crippen LogP contribution in [0.2, 0.25) is 0 Å². The first-order chi connectivity index (χ1) is 9.86. The number of carbonyl (C=O) groups is 1. The molecule has 0 radical (unpaired) electrons. The zero-order chi connectivity index (χ0) is 16.0. The third kappa shape index (κ3) is 4.80. The van der Waals surface area contributed by atoms with E-state index in [4.69, 9.17) is 5.84 Å². The van der Waals surface area contributed by atoms with E-state index in [1.807, 2.05) is 0 Å². The number of nitrogens with two attached hydrogens (primary N) is 1. The summed E-state index contributed by atoms with van der Waals surface area (Å²) in [7, 11) is -0.934. The van der Waals surface area contributed by atoms with Crippen LogP contribution in [0.4, 0.5) is 11.4 Å². The second-order valence-electron chi connectivity index (χ2n) is 4.54. The van der Waals surface area contributed by atoms with Crippen LogP contribution in [0.5, 0.6) is 0 Å². The van der Waals surface area contributed by atoms with Gasteiger partial charge in [-0.25, -0.2) is 0 Å². The summed E-state index contributed by atoms with van der Waals surface area (Å²) in [6, 6.07) is 3.92. The number of benzene rings is 1. The van der Waals surface area contributed by atoms with Crippen molar-refractivity contribution in [3.05, 3.63) is 33.9 Å². The Bertz CT molecular complexity index is 564. The minimum absolute atomic E-state index is 0.0359. The van der Waals surface area contributed by atoms with Crippen LogP contribution in [0, 0.1) is 10.1 Å². The number of nitro benzene ring substituents is 1. The molecule has 9 heteroatoms. The van der Waals surface area contributed by atoms with Crippen LogP contribution >= 0.6 is 0 Å². The van der Waals surface area contributed by atoms with Crippen molar-refractivity contribution in [1.82, 2.24) is 5.32 Å². The average Bonchev–Trinajstić information content (AvgIpc) is 2.43. The number of hydrogen-bond acceptors (Lipinski definition) is 6. The zero-order valence-electron chi connectivity index (χ0n) is 11.8. The number of para-hydroxylation sites is 1. The smallest absolute Gasteiger partial charge is 0.294 e. The van der Waals surface area contributed by atoms with Gasteiger partial charge < -0.3 is 10.7 Å². The van der Waals surface area contributed by atoms with Gasteiger partial charge in [0.2, 0.25) is 0 Å². The molecule has 0 heterocycles. The zero-order valence-corrected chi connectivity index (χ0v) is 12.6. The first-order valence-corrected chi connectivity index (χ1v) is 7.94. The van der Waals surface area contributed by atoms with Gasteiger partial charge in [0.15, 0.2) is 0 Å². The first kappa shape index (κ1) is 17.1. The molecule has 2 atom stereocenters. The second kappa shape index (κ2) is 7.70. The molecule has 4 N–H and O–H groups in total.